The third-order valence-electron chi connectivity index (χ3n) is 2.90. The van der Waals surface area contributed by atoms with Crippen LogP contribution < -0.4 is 5.73 Å². The lowest BCUT2D eigenvalue weighted by Crippen LogP contribution is -2.34. The van der Waals surface area contributed by atoms with E-state index in [2.05, 4.69) is 0 Å². The molecule has 0 bridgehead atoms. The largest absolute Gasteiger partial charge is 0.329 e. The molecule has 0 saturated heterocycles. The predicted octanol–water partition coefficient (Wildman–Crippen LogP) is 1.46. The number of sulfone groups is 1. The maximum absolute atomic E-state index is 13.1. The van der Waals surface area contributed by atoms with Crippen LogP contribution in [0.3, 0.4) is 0 Å². The molecule has 1 unspecified atom stereocenters. The zero-order valence-corrected chi connectivity index (χ0v) is 12.5. The van der Waals surface area contributed by atoms with Gasteiger partial charge in [0.15, 0.2) is 0 Å². The van der Waals surface area contributed by atoms with Crippen molar-refractivity contribution < 1.29 is 12.8 Å². The minimum Gasteiger partial charge on any atom is -0.329 e. The maximum atomic E-state index is 13.1. The van der Waals surface area contributed by atoms with Gasteiger partial charge in [0.05, 0.1) is 10.8 Å². The van der Waals surface area contributed by atoms with Gasteiger partial charge in [-0.1, -0.05) is 17.7 Å². The van der Waals surface area contributed by atoms with Crippen molar-refractivity contribution in [3.8, 4) is 0 Å². The molecule has 0 aliphatic carbocycles. The van der Waals surface area contributed by atoms with E-state index in [1.807, 2.05) is 4.90 Å². The van der Waals surface area contributed by atoms with E-state index >= 15 is 0 Å². The second kappa shape index (κ2) is 6.65. The Labute approximate surface area is 118 Å². The number of rotatable bonds is 6. The van der Waals surface area contributed by atoms with Gasteiger partial charge in [0.25, 0.3) is 0 Å². The summed E-state index contributed by atoms with van der Waals surface area (Å²) in [7, 11) is -1.25. The van der Waals surface area contributed by atoms with Crippen LogP contribution in [0.2, 0.25) is 5.02 Å². The van der Waals surface area contributed by atoms with Gasteiger partial charge in [-0.25, -0.2) is 12.8 Å². The van der Waals surface area contributed by atoms with Gasteiger partial charge in [-0.3, -0.25) is 4.90 Å². The molecule has 0 spiro atoms. The van der Waals surface area contributed by atoms with Crippen molar-refractivity contribution in [3.05, 3.63) is 34.6 Å². The lowest BCUT2D eigenvalue weighted by Gasteiger charge is -2.27. The van der Waals surface area contributed by atoms with Gasteiger partial charge >= 0.3 is 0 Å². The minimum absolute atomic E-state index is 0.0347. The maximum Gasteiger partial charge on any atom is 0.148 e. The smallest absolute Gasteiger partial charge is 0.148 e. The van der Waals surface area contributed by atoms with Gasteiger partial charge in [0, 0.05) is 25.4 Å². The molecule has 0 aromatic heterocycles. The minimum atomic E-state index is -3.03. The molecule has 19 heavy (non-hydrogen) atoms. The molecule has 0 heterocycles. The van der Waals surface area contributed by atoms with Crippen molar-refractivity contribution in [1.29, 1.82) is 0 Å². The van der Waals surface area contributed by atoms with Gasteiger partial charge in [-0.05, 0) is 24.7 Å². The average molecular weight is 309 g/mol. The van der Waals surface area contributed by atoms with Crippen molar-refractivity contribution in [2.45, 2.75) is 6.04 Å². The Balaban J connectivity index is 2.84. The first-order valence-electron chi connectivity index (χ1n) is 5.77. The molecule has 2 N–H and O–H groups in total. The average Bonchev–Trinajstić information content (AvgIpc) is 2.31. The zero-order chi connectivity index (χ0) is 14.6. The van der Waals surface area contributed by atoms with E-state index in [9.17, 15) is 12.8 Å². The summed E-state index contributed by atoms with van der Waals surface area (Å²) >= 11 is 5.74. The molecule has 1 aromatic rings. The summed E-state index contributed by atoms with van der Waals surface area (Å²) in [6.45, 7) is 0.651. The highest BCUT2D eigenvalue weighted by atomic mass is 35.5. The summed E-state index contributed by atoms with van der Waals surface area (Å²) in [5.41, 5.74) is 6.47. The summed E-state index contributed by atoms with van der Waals surface area (Å²) in [6.07, 6.45) is 1.19. The van der Waals surface area contributed by atoms with Gasteiger partial charge in [-0.15, -0.1) is 0 Å². The monoisotopic (exact) mass is 308 g/mol. The Morgan fingerprint density at radius 1 is 1.47 bits per heavy atom. The first kappa shape index (κ1) is 16.4. The van der Waals surface area contributed by atoms with Crippen LogP contribution in [0.1, 0.15) is 11.6 Å². The van der Waals surface area contributed by atoms with Crippen LogP contribution in [-0.2, 0) is 9.84 Å². The first-order valence-corrected chi connectivity index (χ1v) is 8.21. The Morgan fingerprint density at radius 2 is 2.11 bits per heavy atom. The van der Waals surface area contributed by atoms with Gasteiger partial charge < -0.3 is 5.73 Å². The van der Waals surface area contributed by atoms with Crippen LogP contribution in [0.5, 0.6) is 0 Å². The number of benzene rings is 1. The van der Waals surface area contributed by atoms with E-state index in [1.54, 1.807) is 13.1 Å². The molecule has 108 valence electrons. The van der Waals surface area contributed by atoms with E-state index in [-0.39, 0.29) is 16.8 Å². The lowest BCUT2D eigenvalue weighted by atomic mass is 10.1. The van der Waals surface area contributed by atoms with Crippen molar-refractivity contribution in [2.75, 3.05) is 32.1 Å². The van der Waals surface area contributed by atoms with Crippen LogP contribution in [-0.4, -0.2) is 45.5 Å². The standard InChI is InChI=1S/C12H18ClFN2O2S/c1-16(5-6-19(2,17)18)12(8-15)9-3-4-11(14)10(13)7-9/h3-4,7,12H,5-6,8,15H2,1-2H3. The van der Waals surface area contributed by atoms with Gasteiger partial charge in [0.2, 0.25) is 0 Å². The van der Waals surface area contributed by atoms with Crippen LogP contribution in [0.25, 0.3) is 0 Å². The van der Waals surface area contributed by atoms with Crippen molar-refractivity contribution in [1.82, 2.24) is 4.90 Å². The van der Waals surface area contributed by atoms with Gasteiger partial charge in [0.1, 0.15) is 15.7 Å². The van der Waals surface area contributed by atoms with Crippen molar-refractivity contribution in [2.24, 2.45) is 5.73 Å². The van der Waals surface area contributed by atoms with Crippen LogP contribution in [0.4, 0.5) is 4.39 Å². The molecule has 0 amide bonds. The predicted molar refractivity (Wildman–Crippen MR) is 75.5 cm³/mol. The molecule has 0 saturated carbocycles. The Bertz CT molecular complexity index is 537. The third kappa shape index (κ3) is 5.06. The molecule has 0 fully saturated rings. The fourth-order valence-corrected chi connectivity index (χ4v) is 2.56. The molecule has 1 rings (SSSR count). The highest BCUT2D eigenvalue weighted by Gasteiger charge is 2.18. The highest BCUT2D eigenvalue weighted by molar-refractivity contribution is 7.90. The zero-order valence-electron chi connectivity index (χ0n) is 10.9. The van der Waals surface area contributed by atoms with Gasteiger partial charge in [-0.2, -0.15) is 0 Å². The topological polar surface area (TPSA) is 63.4 Å². The van der Waals surface area contributed by atoms with Crippen LogP contribution >= 0.6 is 11.6 Å². The fourth-order valence-electron chi connectivity index (χ4n) is 1.76. The summed E-state index contributed by atoms with van der Waals surface area (Å²) in [5, 5.41) is 0.0347. The molecule has 0 aliphatic heterocycles. The second-order valence-corrected chi connectivity index (χ2v) is 7.20. The number of nitrogens with two attached hydrogens (primary N) is 1. The van der Waals surface area contributed by atoms with E-state index in [1.165, 1.54) is 18.4 Å². The summed E-state index contributed by atoms with van der Waals surface area (Å²) in [6, 6.07) is 4.21. The number of likely N-dealkylation sites (N-methyl/N-ethyl adjacent to an activating group) is 1. The molecule has 1 aromatic carbocycles. The lowest BCUT2D eigenvalue weighted by molar-refractivity contribution is 0.264. The SMILES string of the molecule is CN(CCS(C)(=O)=O)C(CN)c1ccc(F)c(Cl)c1. The number of nitrogens with zero attached hydrogens (tertiary/aromatic N) is 1. The highest BCUT2D eigenvalue weighted by Crippen LogP contribution is 2.23. The summed E-state index contributed by atoms with van der Waals surface area (Å²) in [5.74, 6) is -0.436. The number of hydrogen-bond donors (Lipinski definition) is 1. The first-order chi connectivity index (χ1) is 8.74. The normalized spacial score (nSPS) is 13.8. The van der Waals surface area contributed by atoms with Crippen molar-refractivity contribution >= 4 is 21.4 Å². The van der Waals surface area contributed by atoms with Crippen molar-refractivity contribution in [3.63, 3.8) is 0 Å². The Hall–Kier alpha value is -0.690. The molecule has 0 radical (unpaired) electrons. The number of halogens is 2. The molecule has 1 atom stereocenters. The fraction of sp³-hybridized carbons (Fsp3) is 0.500. The van der Waals surface area contributed by atoms with E-state index in [4.69, 9.17) is 17.3 Å². The number of hydrogen-bond acceptors (Lipinski definition) is 4. The summed E-state index contributed by atoms with van der Waals surface area (Å²) in [4.78, 5) is 1.82. The molecule has 0 aliphatic rings. The molecular formula is C12H18ClFN2O2S. The second-order valence-electron chi connectivity index (χ2n) is 4.54. The third-order valence-corrected chi connectivity index (χ3v) is 4.11. The Kier molecular flexibility index (Phi) is 5.73. The summed E-state index contributed by atoms with van der Waals surface area (Å²) < 4.78 is 35.4. The van der Waals surface area contributed by atoms with Crippen LogP contribution in [0, 0.1) is 5.82 Å². The molecule has 7 heteroatoms. The van der Waals surface area contributed by atoms with E-state index < -0.39 is 15.7 Å². The molecular weight excluding hydrogens is 291 g/mol. The molecule has 4 nitrogen and oxygen atoms in total. The quantitative estimate of drug-likeness (QED) is 0.864. The van der Waals surface area contributed by atoms with E-state index in [0.29, 0.717) is 13.1 Å². The van der Waals surface area contributed by atoms with E-state index in [0.717, 1.165) is 5.56 Å². The Morgan fingerprint density at radius 3 is 2.58 bits per heavy atom. The van der Waals surface area contributed by atoms with Crippen LogP contribution in [0.15, 0.2) is 18.2 Å².